The van der Waals surface area contributed by atoms with Crippen LogP contribution in [0.2, 0.25) is 0 Å². The van der Waals surface area contributed by atoms with Gasteiger partial charge in [-0.3, -0.25) is 14.5 Å². The van der Waals surface area contributed by atoms with Gasteiger partial charge in [0.2, 0.25) is 5.91 Å². The molecule has 1 saturated heterocycles. The van der Waals surface area contributed by atoms with Gasteiger partial charge in [-0.1, -0.05) is 58.4 Å². The van der Waals surface area contributed by atoms with E-state index in [1.807, 2.05) is 36.4 Å². The third-order valence-corrected chi connectivity index (χ3v) is 4.80. The highest BCUT2D eigenvalue weighted by Crippen LogP contribution is 2.30. The van der Waals surface area contributed by atoms with Gasteiger partial charge >= 0.3 is 6.03 Å². The summed E-state index contributed by atoms with van der Waals surface area (Å²) in [5, 5.41) is 5.41. The van der Waals surface area contributed by atoms with Crippen molar-refractivity contribution in [1.29, 1.82) is 0 Å². The van der Waals surface area contributed by atoms with Crippen molar-refractivity contribution in [3.05, 3.63) is 70.2 Å². The second-order valence-corrected chi connectivity index (χ2v) is 7.13. The largest absolute Gasteiger partial charge is 0.350 e. The molecule has 0 radical (unpaired) electrons. The summed E-state index contributed by atoms with van der Waals surface area (Å²) in [5.74, 6) is -0.841. The van der Waals surface area contributed by atoms with Crippen LogP contribution in [-0.4, -0.2) is 29.3 Å². The Morgan fingerprint density at radius 3 is 2.58 bits per heavy atom. The Labute approximate surface area is 159 Å². The number of carbonyl (C=O) groups excluding carboxylic acids is 3. The van der Waals surface area contributed by atoms with E-state index < -0.39 is 23.4 Å². The maximum absolute atomic E-state index is 12.8. The number of nitrogens with one attached hydrogen (secondary N) is 2. The van der Waals surface area contributed by atoms with E-state index >= 15 is 0 Å². The Morgan fingerprint density at radius 1 is 1.15 bits per heavy atom. The minimum atomic E-state index is -1.19. The van der Waals surface area contributed by atoms with E-state index in [1.54, 1.807) is 25.1 Å². The summed E-state index contributed by atoms with van der Waals surface area (Å²) < 4.78 is 0.803. The quantitative estimate of drug-likeness (QED) is 0.736. The van der Waals surface area contributed by atoms with Gasteiger partial charge in [0.1, 0.15) is 12.1 Å². The monoisotopic (exact) mass is 415 g/mol. The molecule has 1 heterocycles. The van der Waals surface area contributed by atoms with Crippen LogP contribution in [0.25, 0.3) is 0 Å². The van der Waals surface area contributed by atoms with Gasteiger partial charge in [-0.2, -0.15) is 0 Å². The van der Waals surface area contributed by atoms with Crippen molar-refractivity contribution >= 4 is 33.8 Å². The predicted octanol–water partition coefficient (Wildman–Crippen LogP) is 2.53. The number of halogens is 1. The topological polar surface area (TPSA) is 78.5 Å². The first-order valence-corrected chi connectivity index (χ1v) is 8.90. The van der Waals surface area contributed by atoms with Crippen molar-refractivity contribution in [2.45, 2.75) is 19.0 Å². The molecule has 2 aromatic rings. The van der Waals surface area contributed by atoms with E-state index in [4.69, 9.17) is 0 Å². The fraction of sp³-hybridized carbons (Fsp3) is 0.211. The van der Waals surface area contributed by atoms with Crippen LogP contribution >= 0.6 is 15.9 Å². The molecule has 0 saturated carbocycles. The van der Waals surface area contributed by atoms with Crippen LogP contribution in [0.1, 0.15) is 18.1 Å². The lowest BCUT2D eigenvalue weighted by Crippen LogP contribution is -2.43. The SMILES string of the molecule is CC1(c2cccc(Br)c2)NC(=O)N(CC(=O)NCc2ccccc2)C1=O. The van der Waals surface area contributed by atoms with Gasteiger partial charge in [-0.05, 0) is 30.2 Å². The molecular weight excluding hydrogens is 398 g/mol. The van der Waals surface area contributed by atoms with E-state index in [0.29, 0.717) is 12.1 Å². The van der Waals surface area contributed by atoms with E-state index in [2.05, 4.69) is 26.6 Å². The number of urea groups is 1. The Bertz CT molecular complexity index is 856. The van der Waals surface area contributed by atoms with Crippen LogP contribution in [0.3, 0.4) is 0 Å². The van der Waals surface area contributed by atoms with Gasteiger partial charge in [-0.15, -0.1) is 0 Å². The van der Waals surface area contributed by atoms with Gasteiger partial charge in [0.25, 0.3) is 5.91 Å². The zero-order valence-electron chi connectivity index (χ0n) is 14.2. The molecular formula is C19H18BrN3O3. The van der Waals surface area contributed by atoms with Crippen LogP contribution in [0, 0.1) is 0 Å². The molecule has 0 spiro atoms. The van der Waals surface area contributed by atoms with E-state index in [-0.39, 0.29) is 6.54 Å². The Kier molecular flexibility index (Phi) is 5.08. The molecule has 1 fully saturated rings. The maximum Gasteiger partial charge on any atom is 0.325 e. The normalized spacial score (nSPS) is 19.4. The number of hydrogen-bond acceptors (Lipinski definition) is 3. The minimum Gasteiger partial charge on any atom is -0.350 e. The zero-order valence-corrected chi connectivity index (χ0v) is 15.7. The fourth-order valence-electron chi connectivity index (χ4n) is 2.83. The van der Waals surface area contributed by atoms with Crippen molar-refractivity contribution in [2.24, 2.45) is 0 Å². The first kappa shape index (κ1) is 18.1. The van der Waals surface area contributed by atoms with Crippen molar-refractivity contribution in [1.82, 2.24) is 15.5 Å². The highest BCUT2D eigenvalue weighted by molar-refractivity contribution is 9.10. The van der Waals surface area contributed by atoms with Crippen molar-refractivity contribution in [3.8, 4) is 0 Å². The molecule has 3 rings (SSSR count). The third-order valence-electron chi connectivity index (χ3n) is 4.31. The molecule has 0 aliphatic carbocycles. The molecule has 26 heavy (non-hydrogen) atoms. The van der Waals surface area contributed by atoms with Gasteiger partial charge in [0, 0.05) is 11.0 Å². The highest BCUT2D eigenvalue weighted by Gasteiger charge is 2.49. The minimum absolute atomic E-state index is 0.318. The van der Waals surface area contributed by atoms with Gasteiger partial charge in [0.05, 0.1) is 0 Å². The maximum atomic E-state index is 12.8. The molecule has 6 nitrogen and oxygen atoms in total. The molecule has 134 valence electrons. The summed E-state index contributed by atoms with van der Waals surface area (Å²) in [7, 11) is 0. The molecule has 1 aliphatic rings. The standard InChI is InChI=1S/C19H18BrN3O3/c1-19(14-8-5-9-15(20)10-14)17(25)23(18(26)22-19)12-16(24)21-11-13-6-3-2-4-7-13/h2-10H,11-12H2,1H3,(H,21,24)(H,22,26). The third kappa shape index (κ3) is 3.62. The van der Waals surface area contributed by atoms with Gasteiger partial charge < -0.3 is 10.6 Å². The van der Waals surface area contributed by atoms with Gasteiger partial charge in [-0.25, -0.2) is 4.79 Å². The van der Waals surface area contributed by atoms with Crippen LogP contribution in [0.4, 0.5) is 4.79 Å². The first-order chi connectivity index (χ1) is 12.4. The summed E-state index contributed by atoms with van der Waals surface area (Å²) in [4.78, 5) is 38.2. The van der Waals surface area contributed by atoms with Crippen LogP contribution in [0.5, 0.6) is 0 Å². The second kappa shape index (κ2) is 7.29. The number of hydrogen-bond donors (Lipinski definition) is 2. The lowest BCUT2D eigenvalue weighted by atomic mass is 9.92. The Balaban J connectivity index is 1.68. The Morgan fingerprint density at radius 2 is 1.88 bits per heavy atom. The van der Waals surface area contributed by atoms with Gasteiger partial charge in [0.15, 0.2) is 0 Å². The summed E-state index contributed by atoms with van der Waals surface area (Å²) >= 11 is 3.36. The van der Waals surface area contributed by atoms with Crippen LogP contribution in [0.15, 0.2) is 59.1 Å². The zero-order chi connectivity index (χ0) is 18.7. The summed E-state index contributed by atoms with van der Waals surface area (Å²) in [6, 6.07) is 16.0. The molecule has 2 N–H and O–H groups in total. The highest BCUT2D eigenvalue weighted by atomic mass is 79.9. The predicted molar refractivity (Wildman–Crippen MR) is 100 cm³/mol. The second-order valence-electron chi connectivity index (χ2n) is 6.22. The Hall–Kier alpha value is -2.67. The van der Waals surface area contributed by atoms with Crippen LogP contribution in [-0.2, 0) is 21.7 Å². The molecule has 0 bridgehead atoms. The molecule has 1 aliphatic heterocycles. The van der Waals surface area contributed by atoms with Crippen molar-refractivity contribution in [3.63, 3.8) is 0 Å². The average molecular weight is 416 g/mol. The lowest BCUT2D eigenvalue weighted by molar-refractivity contribution is -0.134. The number of rotatable bonds is 5. The first-order valence-electron chi connectivity index (χ1n) is 8.11. The fourth-order valence-corrected chi connectivity index (χ4v) is 3.23. The molecule has 0 aromatic heterocycles. The van der Waals surface area contributed by atoms with Crippen molar-refractivity contribution < 1.29 is 14.4 Å². The molecule has 1 atom stereocenters. The van der Waals surface area contributed by atoms with E-state index in [1.165, 1.54) is 0 Å². The number of benzene rings is 2. The lowest BCUT2D eigenvalue weighted by Gasteiger charge is -2.22. The average Bonchev–Trinajstić information content (AvgIpc) is 2.85. The number of nitrogens with zero attached hydrogens (tertiary/aromatic N) is 1. The summed E-state index contributed by atoms with van der Waals surface area (Å²) in [6.45, 7) is 1.66. The number of carbonyl (C=O) groups is 3. The van der Waals surface area contributed by atoms with Crippen LogP contribution < -0.4 is 10.6 Å². The summed E-state index contributed by atoms with van der Waals surface area (Å²) in [6.07, 6.45) is 0. The van der Waals surface area contributed by atoms with E-state index in [9.17, 15) is 14.4 Å². The molecule has 1 unspecified atom stereocenters. The number of amides is 4. The molecule has 7 heteroatoms. The summed E-state index contributed by atoms with van der Waals surface area (Å²) in [5.41, 5.74) is 0.398. The molecule has 4 amide bonds. The van der Waals surface area contributed by atoms with Crippen molar-refractivity contribution in [2.75, 3.05) is 6.54 Å². The van der Waals surface area contributed by atoms with E-state index in [0.717, 1.165) is 14.9 Å². The molecule has 2 aromatic carbocycles. The number of imide groups is 1. The smallest absolute Gasteiger partial charge is 0.325 e.